The highest BCUT2D eigenvalue weighted by atomic mass is 127. The lowest BCUT2D eigenvalue weighted by atomic mass is 10.0. The number of benzene rings is 1. The van der Waals surface area contributed by atoms with Gasteiger partial charge >= 0.3 is 0 Å². The van der Waals surface area contributed by atoms with Gasteiger partial charge in [0.15, 0.2) is 5.96 Å². The summed E-state index contributed by atoms with van der Waals surface area (Å²) in [5.41, 5.74) is 0.960. The van der Waals surface area contributed by atoms with Crippen LogP contribution in [0, 0.1) is 11.7 Å². The third kappa shape index (κ3) is 8.28. The molecule has 8 heteroatoms. The van der Waals surface area contributed by atoms with Crippen LogP contribution in [0.1, 0.15) is 31.4 Å². The van der Waals surface area contributed by atoms with Gasteiger partial charge in [0, 0.05) is 39.8 Å². The number of nitrogens with one attached hydrogen (secondary N) is 1. The van der Waals surface area contributed by atoms with Gasteiger partial charge in [-0.25, -0.2) is 4.39 Å². The summed E-state index contributed by atoms with van der Waals surface area (Å²) in [6.07, 6.45) is 2.62. The van der Waals surface area contributed by atoms with Crippen LogP contribution in [0.2, 0.25) is 0 Å². The molecule has 0 amide bonds. The molecule has 1 unspecified atom stereocenters. The van der Waals surface area contributed by atoms with E-state index < -0.39 is 0 Å². The summed E-state index contributed by atoms with van der Waals surface area (Å²) < 4.78 is 25.1. The lowest BCUT2D eigenvalue weighted by molar-refractivity contribution is 0.0179. The van der Waals surface area contributed by atoms with Crippen LogP contribution < -0.4 is 5.32 Å². The summed E-state index contributed by atoms with van der Waals surface area (Å²) in [5, 5.41) is 3.37. The first-order valence-electron chi connectivity index (χ1n) is 10.8. The first-order valence-corrected chi connectivity index (χ1v) is 10.8. The Kier molecular flexibility index (Phi) is 11.3. The van der Waals surface area contributed by atoms with E-state index in [1.165, 1.54) is 18.9 Å². The Bertz CT molecular complexity index is 654. The Balaban J connectivity index is 0.00000320. The summed E-state index contributed by atoms with van der Waals surface area (Å²) >= 11 is 0. The number of morpholine rings is 1. The molecule has 6 nitrogen and oxygen atoms in total. The predicted octanol–water partition coefficient (Wildman–Crippen LogP) is 3.14. The van der Waals surface area contributed by atoms with E-state index in [9.17, 15) is 4.39 Å². The predicted molar refractivity (Wildman–Crippen MR) is 129 cm³/mol. The minimum atomic E-state index is -0.207. The molecule has 1 heterocycles. The SMILES string of the molecule is CCNC(=NCC(c1cccc(F)c1)N1CCOCC1)N(C)CCOCC1CC1.I. The molecule has 0 radical (unpaired) electrons. The molecule has 2 fully saturated rings. The topological polar surface area (TPSA) is 49.3 Å². The fourth-order valence-electron chi connectivity index (χ4n) is 3.52. The third-order valence-corrected chi connectivity index (χ3v) is 5.45. The molecule has 1 saturated carbocycles. The van der Waals surface area contributed by atoms with Crippen LogP contribution >= 0.6 is 24.0 Å². The lowest BCUT2D eigenvalue weighted by Gasteiger charge is -2.34. The van der Waals surface area contributed by atoms with Crippen LogP contribution in [0.4, 0.5) is 4.39 Å². The van der Waals surface area contributed by atoms with E-state index in [1.54, 1.807) is 12.1 Å². The third-order valence-electron chi connectivity index (χ3n) is 5.45. The second-order valence-electron chi connectivity index (χ2n) is 7.85. The van der Waals surface area contributed by atoms with Crippen LogP contribution in [0.15, 0.2) is 29.3 Å². The number of ether oxygens (including phenoxy) is 2. The van der Waals surface area contributed by atoms with E-state index in [-0.39, 0.29) is 35.8 Å². The van der Waals surface area contributed by atoms with Gasteiger partial charge in [0.1, 0.15) is 5.82 Å². The quantitative estimate of drug-likeness (QED) is 0.217. The maximum absolute atomic E-state index is 13.9. The second-order valence-corrected chi connectivity index (χ2v) is 7.85. The summed E-state index contributed by atoms with van der Waals surface area (Å²) in [4.78, 5) is 9.34. The van der Waals surface area contributed by atoms with E-state index >= 15 is 0 Å². The van der Waals surface area contributed by atoms with Crippen molar-refractivity contribution in [3.8, 4) is 0 Å². The fraction of sp³-hybridized carbons (Fsp3) is 0.682. The van der Waals surface area contributed by atoms with Crippen molar-refractivity contribution >= 4 is 29.9 Å². The number of guanidine groups is 1. The highest BCUT2D eigenvalue weighted by Gasteiger charge is 2.23. The molecule has 1 aliphatic carbocycles. The van der Waals surface area contributed by atoms with Crippen molar-refractivity contribution in [1.29, 1.82) is 0 Å². The highest BCUT2D eigenvalue weighted by molar-refractivity contribution is 14.0. The number of hydrogen-bond donors (Lipinski definition) is 1. The smallest absolute Gasteiger partial charge is 0.193 e. The van der Waals surface area contributed by atoms with E-state index in [4.69, 9.17) is 14.5 Å². The average molecular weight is 534 g/mol. The van der Waals surface area contributed by atoms with Crippen molar-refractivity contribution < 1.29 is 13.9 Å². The molecule has 1 aromatic rings. The van der Waals surface area contributed by atoms with Crippen LogP contribution in [0.3, 0.4) is 0 Å². The molecule has 0 bridgehead atoms. The molecule has 1 aromatic carbocycles. The van der Waals surface area contributed by atoms with E-state index in [0.29, 0.717) is 26.4 Å². The highest BCUT2D eigenvalue weighted by Crippen LogP contribution is 2.28. The minimum absolute atomic E-state index is 0. The molecule has 3 rings (SSSR count). The monoisotopic (exact) mass is 534 g/mol. The van der Waals surface area contributed by atoms with Gasteiger partial charge in [-0.1, -0.05) is 12.1 Å². The molecule has 2 aliphatic rings. The summed E-state index contributed by atoms with van der Waals surface area (Å²) in [5.74, 6) is 1.43. The zero-order valence-corrected chi connectivity index (χ0v) is 20.5. The van der Waals surface area contributed by atoms with Crippen molar-refractivity contribution in [2.45, 2.75) is 25.8 Å². The zero-order valence-electron chi connectivity index (χ0n) is 18.2. The number of aliphatic imine (C=N–C) groups is 1. The van der Waals surface area contributed by atoms with Crippen molar-refractivity contribution in [3.63, 3.8) is 0 Å². The maximum atomic E-state index is 13.9. The molecule has 1 saturated heterocycles. The van der Waals surface area contributed by atoms with Crippen LogP contribution in [-0.4, -0.2) is 82.0 Å². The van der Waals surface area contributed by atoms with Gasteiger partial charge < -0.3 is 19.7 Å². The first kappa shape index (κ1) is 25.3. The Morgan fingerprint density at radius 2 is 2.13 bits per heavy atom. The molecule has 30 heavy (non-hydrogen) atoms. The second kappa shape index (κ2) is 13.4. The normalized spacial score (nSPS) is 18.6. The molecule has 1 atom stereocenters. The van der Waals surface area contributed by atoms with Crippen molar-refractivity contribution in [2.24, 2.45) is 10.9 Å². The first-order chi connectivity index (χ1) is 14.2. The zero-order chi connectivity index (χ0) is 20.5. The van der Waals surface area contributed by atoms with Crippen molar-refractivity contribution in [3.05, 3.63) is 35.6 Å². The summed E-state index contributed by atoms with van der Waals surface area (Å²) in [6, 6.07) is 6.90. The van der Waals surface area contributed by atoms with Gasteiger partial charge in [-0.2, -0.15) is 0 Å². The average Bonchev–Trinajstić information content (AvgIpc) is 3.56. The molecule has 1 aliphatic heterocycles. The van der Waals surface area contributed by atoms with Gasteiger partial charge in [-0.05, 0) is 43.4 Å². The van der Waals surface area contributed by atoms with Gasteiger partial charge in [-0.3, -0.25) is 9.89 Å². The van der Waals surface area contributed by atoms with Gasteiger partial charge in [0.2, 0.25) is 0 Å². The van der Waals surface area contributed by atoms with Crippen molar-refractivity contribution in [1.82, 2.24) is 15.1 Å². The number of likely N-dealkylation sites (N-methyl/N-ethyl adjacent to an activating group) is 1. The fourth-order valence-corrected chi connectivity index (χ4v) is 3.52. The summed E-state index contributed by atoms with van der Waals surface area (Å²) in [6.45, 7) is 8.87. The molecule has 0 aromatic heterocycles. The number of hydrogen-bond acceptors (Lipinski definition) is 4. The Labute approximate surface area is 197 Å². The molecular weight excluding hydrogens is 498 g/mol. The van der Waals surface area contributed by atoms with E-state index in [1.807, 2.05) is 13.1 Å². The van der Waals surface area contributed by atoms with Crippen LogP contribution in [-0.2, 0) is 9.47 Å². The molecule has 170 valence electrons. The van der Waals surface area contributed by atoms with Gasteiger partial charge in [-0.15, -0.1) is 24.0 Å². The van der Waals surface area contributed by atoms with Crippen LogP contribution in [0.5, 0.6) is 0 Å². The number of rotatable bonds is 10. The Morgan fingerprint density at radius 1 is 1.37 bits per heavy atom. The minimum Gasteiger partial charge on any atom is -0.379 e. The Morgan fingerprint density at radius 3 is 2.80 bits per heavy atom. The standard InChI is InChI=1S/C22H35FN4O2.HI/c1-3-24-22(26(2)9-12-29-17-18-7-8-18)25-16-21(27-10-13-28-14-11-27)19-5-4-6-20(23)15-19;/h4-6,15,18,21H,3,7-14,16-17H2,1-2H3,(H,24,25);1H. The molecular formula is C22H36FIN4O2. The van der Waals surface area contributed by atoms with Gasteiger partial charge in [0.05, 0.1) is 32.4 Å². The number of nitrogens with zero attached hydrogens (tertiary/aromatic N) is 3. The van der Waals surface area contributed by atoms with Crippen molar-refractivity contribution in [2.75, 3.05) is 66.2 Å². The molecule has 1 N–H and O–H groups in total. The van der Waals surface area contributed by atoms with E-state index in [0.717, 1.165) is 50.2 Å². The Hall–Kier alpha value is -0.970. The van der Waals surface area contributed by atoms with Crippen LogP contribution in [0.25, 0.3) is 0 Å². The van der Waals surface area contributed by atoms with E-state index in [2.05, 4.69) is 22.0 Å². The lowest BCUT2D eigenvalue weighted by Crippen LogP contribution is -2.43. The molecule has 0 spiro atoms. The summed E-state index contributed by atoms with van der Waals surface area (Å²) in [7, 11) is 2.04. The number of halogens is 2. The largest absolute Gasteiger partial charge is 0.379 e. The maximum Gasteiger partial charge on any atom is 0.193 e. The van der Waals surface area contributed by atoms with Gasteiger partial charge in [0.25, 0.3) is 0 Å².